The Balaban J connectivity index is 2.79. The summed E-state index contributed by atoms with van der Waals surface area (Å²) in [7, 11) is 2.03. The van der Waals surface area contributed by atoms with Crippen LogP contribution in [0.2, 0.25) is 0 Å². The summed E-state index contributed by atoms with van der Waals surface area (Å²) in [4.78, 5) is 13.0. The Morgan fingerprint density at radius 3 is 2.22 bits per heavy atom. The average molecular weight is 249 g/mol. The van der Waals surface area contributed by atoms with Gasteiger partial charge in [0.05, 0.1) is 5.92 Å². The molecule has 0 amide bonds. The largest absolute Gasteiger partial charge is 0.481 e. The summed E-state index contributed by atoms with van der Waals surface area (Å²) in [5.41, 5.74) is 4.98. The van der Waals surface area contributed by atoms with Gasteiger partial charge in [-0.15, -0.1) is 0 Å². The second kappa shape index (κ2) is 5.89. The van der Waals surface area contributed by atoms with E-state index < -0.39 is 5.97 Å². The molecule has 1 unspecified atom stereocenters. The molecule has 0 aliphatic carbocycles. The molecule has 18 heavy (non-hydrogen) atoms. The second-order valence-corrected chi connectivity index (χ2v) is 5.20. The van der Waals surface area contributed by atoms with E-state index in [4.69, 9.17) is 5.11 Å². The molecule has 1 N–H and O–H groups in total. The van der Waals surface area contributed by atoms with Crippen molar-refractivity contribution in [3.05, 3.63) is 28.8 Å². The molecule has 100 valence electrons. The first-order valence-corrected chi connectivity index (χ1v) is 6.34. The van der Waals surface area contributed by atoms with Crippen LogP contribution in [0.1, 0.15) is 30.0 Å². The average Bonchev–Trinajstić information content (AvgIpc) is 2.24. The van der Waals surface area contributed by atoms with E-state index in [1.165, 1.54) is 22.4 Å². The van der Waals surface area contributed by atoms with Crippen LogP contribution in [0.25, 0.3) is 0 Å². The van der Waals surface area contributed by atoms with Gasteiger partial charge in [0.1, 0.15) is 0 Å². The number of benzene rings is 1. The molecule has 0 saturated heterocycles. The molecule has 0 aromatic heterocycles. The smallest absolute Gasteiger partial charge is 0.306 e. The fourth-order valence-corrected chi connectivity index (χ4v) is 2.40. The highest BCUT2D eigenvalue weighted by molar-refractivity contribution is 5.69. The van der Waals surface area contributed by atoms with Crippen LogP contribution in [0.5, 0.6) is 0 Å². The van der Waals surface area contributed by atoms with Crippen molar-refractivity contribution in [2.75, 3.05) is 18.5 Å². The minimum atomic E-state index is -0.722. The van der Waals surface area contributed by atoms with Crippen molar-refractivity contribution in [3.8, 4) is 0 Å². The Labute approximate surface area is 109 Å². The van der Waals surface area contributed by atoms with Crippen LogP contribution in [0, 0.1) is 26.7 Å². The number of nitrogens with zero attached hydrogens (tertiary/aromatic N) is 1. The molecule has 0 heterocycles. The van der Waals surface area contributed by atoms with Gasteiger partial charge in [0.15, 0.2) is 0 Å². The summed E-state index contributed by atoms with van der Waals surface area (Å²) in [6.07, 6.45) is 0.665. The summed E-state index contributed by atoms with van der Waals surface area (Å²) in [6, 6.07) is 4.33. The monoisotopic (exact) mass is 249 g/mol. The number of anilines is 1. The third kappa shape index (κ3) is 3.49. The van der Waals surface area contributed by atoms with E-state index in [2.05, 4.69) is 37.8 Å². The van der Waals surface area contributed by atoms with E-state index >= 15 is 0 Å². The van der Waals surface area contributed by atoms with Gasteiger partial charge in [0, 0.05) is 19.3 Å². The van der Waals surface area contributed by atoms with Crippen LogP contribution in [-0.2, 0) is 4.79 Å². The first-order chi connectivity index (χ1) is 8.32. The Bertz CT molecular complexity index is 417. The molecule has 0 aliphatic rings. The van der Waals surface area contributed by atoms with Gasteiger partial charge in [-0.25, -0.2) is 0 Å². The zero-order chi connectivity index (χ0) is 13.9. The molecule has 0 radical (unpaired) electrons. The lowest BCUT2D eigenvalue weighted by atomic mass is 10.0. The molecular formula is C15H23NO2. The van der Waals surface area contributed by atoms with Gasteiger partial charge in [0.25, 0.3) is 0 Å². The van der Waals surface area contributed by atoms with Crippen LogP contribution >= 0.6 is 0 Å². The van der Waals surface area contributed by atoms with Crippen molar-refractivity contribution in [1.82, 2.24) is 0 Å². The number of hydrogen-bond donors (Lipinski definition) is 1. The van der Waals surface area contributed by atoms with Crippen molar-refractivity contribution < 1.29 is 9.90 Å². The van der Waals surface area contributed by atoms with E-state index in [0.29, 0.717) is 6.42 Å². The van der Waals surface area contributed by atoms with E-state index in [1.54, 1.807) is 6.92 Å². The predicted octanol–water partition coefficient (Wildman–Crippen LogP) is 3.16. The van der Waals surface area contributed by atoms with Crippen molar-refractivity contribution in [2.45, 2.75) is 34.1 Å². The molecule has 0 spiro atoms. The van der Waals surface area contributed by atoms with Crippen LogP contribution in [0.4, 0.5) is 5.69 Å². The zero-order valence-electron chi connectivity index (χ0n) is 11.9. The lowest BCUT2D eigenvalue weighted by molar-refractivity contribution is -0.141. The van der Waals surface area contributed by atoms with Gasteiger partial charge in [-0.2, -0.15) is 0 Å². The third-order valence-electron chi connectivity index (χ3n) is 3.34. The minimum Gasteiger partial charge on any atom is -0.481 e. The van der Waals surface area contributed by atoms with Gasteiger partial charge in [-0.1, -0.05) is 24.6 Å². The zero-order valence-corrected chi connectivity index (χ0v) is 11.9. The Hall–Kier alpha value is -1.51. The summed E-state index contributed by atoms with van der Waals surface area (Å²) >= 11 is 0. The molecule has 1 aromatic carbocycles. The number of aryl methyl sites for hydroxylation is 3. The van der Waals surface area contributed by atoms with Gasteiger partial charge >= 0.3 is 5.97 Å². The normalized spacial score (nSPS) is 12.3. The minimum absolute atomic E-state index is 0.293. The maximum Gasteiger partial charge on any atom is 0.306 e. The Morgan fingerprint density at radius 1 is 1.28 bits per heavy atom. The number of rotatable bonds is 5. The maximum atomic E-state index is 10.8. The maximum absolute atomic E-state index is 10.8. The fourth-order valence-electron chi connectivity index (χ4n) is 2.40. The summed E-state index contributed by atoms with van der Waals surface area (Å²) in [5.74, 6) is -1.01. The number of carbonyl (C=O) groups is 1. The first kappa shape index (κ1) is 14.6. The van der Waals surface area contributed by atoms with Gasteiger partial charge in [0.2, 0.25) is 0 Å². The quantitative estimate of drug-likeness (QED) is 0.871. The molecule has 0 aliphatic heterocycles. The van der Waals surface area contributed by atoms with Crippen LogP contribution in [-0.4, -0.2) is 24.7 Å². The van der Waals surface area contributed by atoms with Gasteiger partial charge in [-0.3, -0.25) is 4.79 Å². The standard InChI is InChI=1S/C15H23NO2/c1-10-8-12(3)14(13(4)9-10)16(5)7-6-11(2)15(17)18/h8-9,11H,6-7H2,1-5H3,(H,17,18). The lowest BCUT2D eigenvalue weighted by Gasteiger charge is -2.25. The SMILES string of the molecule is Cc1cc(C)c(N(C)CCC(C)C(=O)O)c(C)c1. The molecule has 3 nitrogen and oxygen atoms in total. The van der Waals surface area contributed by atoms with Crippen LogP contribution in [0.15, 0.2) is 12.1 Å². The number of carboxylic acids is 1. The van der Waals surface area contributed by atoms with Crippen molar-refractivity contribution >= 4 is 11.7 Å². The fraction of sp³-hybridized carbons (Fsp3) is 0.533. The second-order valence-electron chi connectivity index (χ2n) is 5.20. The molecular weight excluding hydrogens is 226 g/mol. The molecule has 1 atom stereocenters. The summed E-state index contributed by atoms with van der Waals surface area (Å²) in [5, 5.41) is 8.89. The first-order valence-electron chi connectivity index (χ1n) is 6.34. The van der Waals surface area contributed by atoms with Crippen LogP contribution in [0.3, 0.4) is 0 Å². The third-order valence-corrected chi connectivity index (χ3v) is 3.34. The molecule has 1 aromatic rings. The summed E-state index contributed by atoms with van der Waals surface area (Å²) < 4.78 is 0. The molecule has 0 fully saturated rings. The number of carboxylic acid groups (broad SMARTS) is 1. The van der Waals surface area contributed by atoms with Crippen molar-refractivity contribution in [3.63, 3.8) is 0 Å². The van der Waals surface area contributed by atoms with Gasteiger partial charge in [-0.05, 0) is 38.3 Å². The van der Waals surface area contributed by atoms with Gasteiger partial charge < -0.3 is 10.0 Å². The van der Waals surface area contributed by atoms with E-state index in [9.17, 15) is 4.79 Å². The van der Waals surface area contributed by atoms with E-state index in [-0.39, 0.29) is 5.92 Å². The van der Waals surface area contributed by atoms with Crippen molar-refractivity contribution in [1.29, 1.82) is 0 Å². The number of hydrogen-bond acceptors (Lipinski definition) is 2. The highest BCUT2D eigenvalue weighted by atomic mass is 16.4. The molecule has 1 rings (SSSR count). The highest BCUT2D eigenvalue weighted by Gasteiger charge is 2.14. The Kier molecular flexibility index (Phi) is 4.76. The van der Waals surface area contributed by atoms with E-state index in [0.717, 1.165) is 6.54 Å². The van der Waals surface area contributed by atoms with E-state index in [1.807, 2.05) is 7.05 Å². The Morgan fingerprint density at radius 2 is 1.78 bits per heavy atom. The topological polar surface area (TPSA) is 40.5 Å². The molecule has 0 saturated carbocycles. The predicted molar refractivity (Wildman–Crippen MR) is 75.3 cm³/mol. The molecule has 3 heteroatoms. The van der Waals surface area contributed by atoms with Crippen molar-refractivity contribution in [2.24, 2.45) is 5.92 Å². The van der Waals surface area contributed by atoms with Crippen LogP contribution < -0.4 is 4.90 Å². The summed E-state index contributed by atoms with van der Waals surface area (Å²) in [6.45, 7) is 8.82. The number of aliphatic carboxylic acids is 1. The lowest BCUT2D eigenvalue weighted by Crippen LogP contribution is -2.24. The molecule has 0 bridgehead atoms. The highest BCUT2D eigenvalue weighted by Crippen LogP contribution is 2.25.